The van der Waals surface area contributed by atoms with Gasteiger partial charge in [0, 0.05) is 16.2 Å². The molecule has 0 saturated heterocycles. The Morgan fingerprint density at radius 1 is 1.14 bits per heavy atom. The Bertz CT molecular complexity index is 663. The number of nitrogens with zero attached hydrogens (tertiary/aromatic N) is 1. The van der Waals surface area contributed by atoms with E-state index >= 15 is 0 Å². The fourth-order valence-corrected chi connectivity index (χ4v) is 2.98. The van der Waals surface area contributed by atoms with E-state index in [1.54, 1.807) is 13.0 Å². The maximum atomic E-state index is 13.1. The molecular formula is C15H12F3NOS. The molecule has 0 N–H and O–H groups in total. The molecule has 0 amide bonds. The molecular weight excluding hydrogens is 299 g/mol. The first kappa shape index (κ1) is 15.6. The van der Waals surface area contributed by atoms with E-state index in [0.29, 0.717) is 11.3 Å². The quantitative estimate of drug-likeness (QED) is 0.771. The summed E-state index contributed by atoms with van der Waals surface area (Å²) in [6, 6.07) is 7.11. The fourth-order valence-electron chi connectivity index (χ4n) is 1.90. The van der Waals surface area contributed by atoms with Crippen molar-refractivity contribution in [3.8, 4) is 0 Å². The van der Waals surface area contributed by atoms with Crippen LogP contribution in [0.5, 0.6) is 0 Å². The summed E-state index contributed by atoms with van der Waals surface area (Å²) in [5.74, 6) is 0. The molecule has 0 spiro atoms. The Balaban J connectivity index is 2.46. The van der Waals surface area contributed by atoms with Crippen molar-refractivity contribution in [2.24, 2.45) is 0 Å². The molecule has 2 aromatic rings. The summed E-state index contributed by atoms with van der Waals surface area (Å²) in [6.07, 6.45) is -4.11. The Morgan fingerprint density at radius 3 is 2.43 bits per heavy atom. The molecule has 1 aromatic carbocycles. The molecule has 2 nitrogen and oxygen atoms in total. The molecule has 1 aromatic heterocycles. The van der Waals surface area contributed by atoms with Crippen LogP contribution in [0.15, 0.2) is 40.3 Å². The second-order valence-electron chi connectivity index (χ2n) is 4.60. The number of aldehydes is 1. The van der Waals surface area contributed by atoms with Gasteiger partial charge in [-0.1, -0.05) is 17.8 Å². The third kappa shape index (κ3) is 3.85. The Hall–Kier alpha value is -1.82. The van der Waals surface area contributed by atoms with Crippen LogP contribution >= 0.6 is 11.8 Å². The van der Waals surface area contributed by atoms with Crippen LogP contribution in [0.2, 0.25) is 0 Å². The minimum Gasteiger partial charge on any atom is -0.298 e. The minimum atomic E-state index is -4.51. The third-order valence-corrected chi connectivity index (χ3v) is 3.73. The van der Waals surface area contributed by atoms with Gasteiger partial charge in [0.05, 0.1) is 5.56 Å². The number of carbonyl (C=O) groups excluding carboxylic acids is 1. The molecule has 0 radical (unpaired) electrons. The first-order valence-electron chi connectivity index (χ1n) is 6.09. The first-order valence-corrected chi connectivity index (χ1v) is 6.91. The molecule has 0 atom stereocenters. The lowest BCUT2D eigenvalue weighted by molar-refractivity contribution is -0.139. The van der Waals surface area contributed by atoms with E-state index in [4.69, 9.17) is 0 Å². The van der Waals surface area contributed by atoms with Crippen molar-refractivity contribution in [1.82, 2.24) is 4.98 Å². The molecule has 0 fully saturated rings. The van der Waals surface area contributed by atoms with Crippen LogP contribution in [-0.2, 0) is 6.18 Å². The number of benzene rings is 1. The number of aromatic nitrogens is 1. The Kier molecular flexibility index (Phi) is 4.37. The molecule has 2 rings (SSSR count). The largest absolute Gasteiger partial charge is 0.417 e. The Labute approximate surface area is 124 Å². The van der Waals surface area contributed by atoms with Crippen LogP contribution < -0.4 is 0 Å². The lowest BCUT2D eigenvalue weighted by Crippen LogP contribution is -2.07. The average molecular weight is 311 g/mol. The molecule has 0 aliphatic heterocycles. The van der Waals surface area contributed by atoms with E-state index < -0.39 is 11.7 Å². The second kappa shape index (κ2) is 5.89. The van der Waals surface area contributed by atoms with Crippen LogP contribution in [0.25, 0.3) is 0 Å². The fraction of sp³-hybridized carbons (Fsp3) is 0.200. The van der Waals surface area contributed by atoms with E-state index in [0.717, 1.165) is 29.1 Å². The maximum absolute atomic E-state index is 13.1. The first-order chi connectivity index (χ1) is 9.79. The highest BCUT2D eigenvalue weighted by Crippen LogP contribution is 2.39. The standard InChI is InChI=1S/C15H12F3NOS/c1-9-5-10(2)19-14(6-9)21-13-4-3-11(8-20)7-12(13)15(16,17)18/h3-8H,1-2H3. The molecule has 21 heavy (non-hydrogen) atoms. The second-order valence-corrected chi connectivity index (χ2v) is 5.66. The summed E-state index contributed by atoms with van der Waals surface area (Å²) >= 11 is 0.942. The molecule has 0 aliphatic carbocycles. The predicted molar refractivity (Wildman–Crippen MR) is 74.7 cm³/mol. The summed E-state index contributed by atoms with van der Waals surface area (Å²) in [5, 5.41) is 0.497. The average Bonchev–Trinajstić information content (AvgIpc) is 2.36. The van der Waals surface area contributed by atoms with Gasteiger partial charge in [-0.2, -0.15) is 13.2 Å². The van der Waals surface area contributed by atoms with Gasteiger partial charge in [-0.05, 0) is 43.7 Å². The zero-order valence-corrected chi connectivity index (χ0v) is 12.2. The highest BCUT2D eigenvalue weighted by molar-refractivity contribution is 7.99. The van der Waals surface area contributed by atoms with Gasteiger partial charge in [-0.15, -0.1) is 0 Å². The number of rotatable bonds is 3. The van der Waals surface area contributed by atoms with Crippen LogP contribution in [-0.4, -0.2) is 11.3 Å². The smallest absolute Gasteiger partial charge is 0.298 e. The van der Waals surface area contributed by atoms with E-state index in [2.05, 4.69) is 4.98 Å². The van der Waals surface area contributed by atoms with Crippen molar-refractivity contribution in [2.45, 2.75) is 29.9 Å². The third-order valence-electron chi connectivity index (χ3n) is 2.73. The highest BCUT2D eigenvalue weighted by Gasteiger charge is 2.34. The van der Waals surface area contributed by atoms with Gasteiger partial charge in [-0.3, -0.25) is 4.79 Å². The van der Waals surface area contributed by atoms with Crippen molar-refractivity contribution >= 4 is 18.0 Å². The summed E-state index contributed by atoms with van der Waals surface area (Å²) in [7, 11) is 0. The van der Waals surface area contributed by atoms with Gasteiger partial charge in [-0.25, -0.2) is 4.98 Å². The van der Waals surface area contributed by atoms with Crippen molar-refractivity contribution < 1.29 is 18.0 Å². The SMILES string of the molecule is Cc1cc(C)nc(Sc2ccc(C=O)cc2C(F)(F)F)c1. The lowest BCUT2D eigenvalue weighted by Gasteiger charge is -2.13. The Morgan fingerprint density at radius 2 is 1.86 bits per heavy atom. The van der Waals surface area contributed by atoms with Crippen LogP contribution in [0.4, 0.5) is 13.2 Å². The zero-order chi connectivity index (χ0) is 15.6. The number of halogens is 3. The lowest BCUT2D eigenvalue weighted by atomic mass is 10.1. The number of hydrogen-bond acceptors (Lipinski definition) is 3. The van der Waals surface area contributed by atoms with E-state index in [1.807, 2.05) is 13.0 Å². The molecule has 0 bridgehead atoms. The topological polar surface area (TPSA) is 30.0 Å². The molecule has 0 unspecified atom stereocenters. The van der Waals surface area contributed by atoms with Crippen LogP contribution in [0.1, 0.15) is 27.2 Å². The minimum absolute atomic E-state index is 0.0000528. The number of pyridine rings is 1. The van der Waals surface area contributed by atoms with Crippen LogP contribution in [0.3, 0.4) is 0 Å². The van der Waals surface area contributed by atoms with Crippen molar-refractivity contribution in [3.05, 3.63) is 52.7 Å². The molecule has 1 heterocycles. The molecule has 110 valence electrons. The highest BCUT2D eigenvalue weighted by atomic mass is 32.2. The van der Waals surface area contributed by atoms with E-state index in [9.17, 15) is 18.0 Å². The molecule has 0 saturated carbocycles. The van der Waals surface area contributed by atoms with Gasteiger partial charge in [0.15, 0.2) is 0 Å². The van der Waals surface area contributed by atoms with Crippen molar-refractivity contribution in [2.75, 3.05) is 0 Å². The van der Waals surface area contributed by atoms with Crippen LogP contribution in [0, 0.1) is 13.8 Å². The summed E-state index contributed by atoms with van der Waals surface area (Å²) in [4.78, 5) is 14.9. The molecule has 6 heteroatoms. The number of alkyl halides is 3. The van der Waals surface area contributed by atoms with Gasteiger partial charge in [0.1, 0.15) is 11.3 Å². The normalized spacial score (nSPS) is 11.5. The van der Waals surface area contributed by atoms with Crippen molar-refractivity contribution in [1.29, 1.82) is 0 Å². The summed E-state index contributed by atoms with van der Waals surface area (Å²) in [5.41, 5.74) is 0.858. The van der Waals surface area contributed by atoms with Crippen molar-refractivity contribution in [3.63, 3.8) is 0 Å². The zero-order valence-electron chi connectivity index (χ0n) is 11.4. The van der Waals surface area contributed by atoms with Gasteiger partial charge in [0.2, 0.25) is 0 Å². The summed E-state index contributed by atoms with van der Waals surface area (Å²) < 4.78 is 39.2. The maximum Gasteiger partial charge on any atom is 0.417 e. The van der Waals surface area contributed by atoms with Gasteiger partial charge in [0.25, 0.3) is 0 Å². The number of hydrogen-bond donors (Lipinski definition) is 0. The number of aryl methyl sites for hydroxylation is 2. The van der Waals surface area contributed by atoms with E-state index in [1.165, 1.54) is 12.1 Å². The van der Waals surface area contributed by atoms with Gasteiger partial charge < -0.3 is 0 Å². The number of carbonyl (C=O) groups is 1. The monoisotopic (exact) mass is 311 g/mol. The van der Waals surface area contributed by atoms with Gasteiger partial charge >= 0.3 is 6.18 Å². The summed E-state index contributed by atoms with van der Waals surface area (Å²) in [6.45, 7) is 3.65. The predicted octanol–water partition coefficient (Wildman–Crippen LogP) is 4.68. The molecule has 0 aliphatic rings. The van der Waals surface area contributed by atoms with E-state index in [-0.39, 0.29) is 10.5 Å².